The number of hydrogen-bond acceptors (Lipinski definition) is 5. The summed E-state index contributed by atoms with van der Waals surface area (Å²) in [6.07, 6.45) is 2.11. The number of aromatic nitrogens is 2. The molecule has 0 aliphatic carbocycles. The average molecular weight is 349 g/mol. The third-order valence-electron chi connectivity index (χ3n) is 4.01. The van der Waals surface area contributed by atoms with E-state index in [1.807, 2.05) is 0 Å². The highest BCUT2D eigenvalue weighted by Crippen LogP contribution is 2.24. The zero-order chi connectivity index (χ0) is 18.0. The van der Waals surface area contributed by atoms with Gasteiger partial charge in [0.15, 0.2) is 5.82 Å². The maximum atomic E-state index is 14.1. The highest BCUT2D eigenvalue weighted by Gasteiger charge is 2.28. The van der Waals surface area contributed by atoms with Crippen LogP contribution in [0.2, 0.25) is 0 Å². The molecule has 0 bridgehead atoms. The lowest BCUT2D eigenvalue weighted by atomic mass is 10.1. The standard InChI is InChI=1S/C17H17F2N3O3/c1-24-9-15-20-7-10-8-22(4-3-14(10)21-15)17(23)16-12(18)5-11(25-2)6-13(16)19/h5-7H,3-4,8-9H2,1-2H3. The van der Waals surface area contributed by atoms with Crippen LogP contribution < -0.4 is 4.74 Å². The maximum Gasteiger partial charge on any atom is 0.260 e. The maximum absolute atomic E-state index is 14.1. The minimum absolute atomic E-state index is 0.0228. The molecule has 0 saturated heterocycles. The SMILES string of the molecule is COCc1ncc2c(n1)CCN(C(=O)c1c(F)cc(OC)cc1F)C2. The van der Waals surface area contributed by atoms with Gasteiger partial charge in [0.2, 0.25) is 0 Å². The summed E-state index contributed by atoms with van der Waals surface area (Å²) in [4.78, 5) is 22.5. The quantitative estimate of drug-likeness (QED) is 0.846. The molecule has 1 aliphatic heterocycles. The van der Waals surface area contributed by atoms with Crippen molar-refractivity contribution in [2.75, 3.05) is 20.8 Å². The van der Waals surface area contributed by atoms with Crippen molar-refractivity contribution in [3.8, 4) is 5.75 Å². The van der Waals surface area contributed by atoms with E-state index in [1.165, 1.54) is 12.0 Å². The minimum atomic E-state index is -0.945. The molecule has 0 radical (unpaired) electrons. The zero-order valence-electron chi connectivity index (χ0n) is 13.9. The highest BCUT2D eigenvalue weighted by atomic mass is 19.1. The Kier molecular flexibility index (Phi) is 4.89. The fraction of sp³-hybridized carbons (Fsp3) is 0.353. The molecular weight excluding hydrogens is 332 g/mol. The van der Waals surface area contributed by atoms with Crippen LogP contribution in [0.1, 0.15) is 27.4 Å². The van der Waals surface area contributed by atoms with Gasteiger partial charge in [0.1, 0.15) is 29.6 Å². The molecule has 25 heavy (non-hydrogen) atoms. The van der Waals surface area contributed by atoms with Gasteiger partial charge in [0.25, 0.3) is 5.91 Å². The summed E-state index contributed by atoms with van der Waals surface area (Å²) in [5.74, 6) is -2.01. The van der Waals surface area contributed by atoms with Crippen LogP contribution in [-0.4, -0.2) is 41.5 Å². The predicted octanol–water partition coefficient (Wildman–Crippen LogP) is 2.11. The lowest BCUT2D eigenvalue weighted by Gasteiger charge is -2.28. The fourth-order valence-electron chi connectivity index (χ4n) is 2.76. The second kappa shape index (κ2) is 7.10. The zero-order valence-corrected chi connectivity index (χ0v) is 13.9. The molecule has 0 fully saturated rings. The topological polar surface area (TPSA) is 64.6 Å². The molecule has 1 aromatic heterocycles. The van der Waals surface area contributed by atoms with E-state index in [0.29, 0.717) is 25.4 Å². The van der Waals surface area contributed by atoms with E-state index in [1.54, 1.807) is 13.3 Å². The molecule has 0 N–H and O–H groups in total. The normalized spacial score (nSPS) is 13.5. The van der Waals surface area contributed by atoms with Crippen molar-refractivity contribution in [1.29, 1.82) is 0 Å². The number of carbonyl (C=O) groups excluding carboxylic acids is 1. The molecule has 8 heteroatoms. The summed E-state index contributed by atoms with van der Waals surface area (Å²) in [7, 11) is 2.86. The highest BCUT2D eigenvalue weighted by molar-refractivity contribution is 5.95. The Hall–Kier alpha value is -2.61. The van der Waals surface area contributed by atoms with E-state index in [-0.39, 0.29) is 12.3 Å². The molecule has 0 unspecified atom stereocenters. The van der Waals surface area contributed by atoms with Gasteiger partial charge in [-0.2, -0.15) is 0 Å². The third kappa shape index (κ3) is 3.43. The van der Waals surface area contributed by atoms with E-state index in [2.05, 4.69) is 9.97 Å². The summed E-state index contributed by atoms with van der Waals surface area (Å²) in [5.41, 5.74) is 0.997. The predicted molar refractivity (Wildman–Crippen MR) is 84.1 cm³/mol. The van der Waals surface area contributed by atoms with Crippen LogP contribution in [0.4, 0.5) is 8.78 Å². The van der Waals surface area contributed by atoms with Crippen molar-refractivity contribution in [1.82, 2.24) is 14.9 Å². The van der Waals surface area contributed by atoms with Crippen LogP contribution >= 0.6 is 0 Å². The number of rotatable bonds is 4. The molecule has 2 aromatic rings. The van der Waals surface area contributed by atoms with Crippen molar-refractivity contribution in [2.24, 2.45) is 0 Å². The van der Waals surface area contributed by atoms with Gasteiger partial charge in [-0.1, -0.05) is 0 Å². The average Bonchev–Trinajstić information content (AvgIpc) is 2.60. The molecular formula is C17H17F2N3O3. The largest absolute Gasteiger partial charge is 0.497 e. The van der Waals surface area contributed by atoms with Gasteiger partial charge >= 0.3 is 0 Å². The van der Waals surface area contributed by atoms with Gasteiger partial charge in [-0.05, 0) is 0 Å². The first-order chi connectivity index (χ1) is 12.0. The molecule has 1 aliphatic rings. The van der Waals surface area contributed by atoms with Crippen LogP contribution in [0.5, 0.6) is 5.75 Å². The second-order valence-corrected chi connectivity index (χ2v) is 5.63. The van der Waals surface area contributed by atoms with E-state index in [9.17, 15) is 13.6 Å². The van der Waals surface area contributed by atoms with Crippen molar-refractivity contribution >= 4 is 5.91 Å². The van der Waals surface area contributed by atoms with Gasteiger partial charge in [0.05, 0.1) is 12.8 Å². The third-order valence-corrected chi connectivity index (χ3v) is 4.01. The summed E-state index contributed by atoms with van der Waals surface area (Å²) in [5, 5.41) is 0. The summed E-state index contributed by atoms with van der Waals surface area (Å²) < 4.78 is 38.1. The fourth-order valence-corrected chi connectivity index (χ4v) is 2.76. The van der Waals surface area contributed by atoms with E-state index in [0.717, 1.165) is 23.4 Å². The monoisotopic (exact) mass is 349 g/mol. The molecule has 0 atom stereocenters. The first-order valence-corrected chi connectivity index (χ1v) is 7.68. The Morgan fingerprint density at radius 3 is 2.64 bits per heavy atom. The van der Waals surface area contributed by atoms with Crippen molar-refractivity contribution < 1.29 is 23.0 Å². The van der Waals surface area contributed by atoms with E-state index >= 15 is 0 Å². The van der Waals surface area contributed by atoms with Crippen molar-refractivity contribution in [3.05, 3.63) is 52.6 Å². The van der Waals surface area contributed by atoms with Crippen molar-refractivity contribution in [3.63, 3.8) is 0 Å². The van der Waals surface area contributed by atoms with Gasteiger partial charge in [-0.3, -0.25) is 4.79 Å². The van der Waals surface area contributed by atoms with Gasteiger partial charge < -0.3 is 14.4 Å². The Labute approximate surface area is 143 Å². The number of fused-ring (bicyclic) bond motifs is 1. The molecule has 1 amide bonds. The van der Waals surface area contributed by atoms with Crippen molar-refractivity contribution in [2.45, 2.75) is 19.6 Å². The van der Waals surface area contributed by atoms with E-state index < -0.39 is 23.1 Å². The number of carbonyl (C=O) groups is 1. The Morgan fingerprint density at radius 1 is 1.28 bits per heavy atom. The Morgan fingerprint density at radius 2 is 2.00 bits per heavy atom. The number of methoxy groups -OCH3 is 2. The number of ether oxygens (including phenoxy) is 2. The van der Waals surface area contributed by atoms with E-state index in [4.69, 9.17) is 9.47 Å². The van der Waals surface area contributed by atoms with Crippen LogP contribution in [0.3, 0.4) is 0 Å². The van der Waals surface area contributed by atoms with Crippen LogP contribution in [0.15, 0.2) is 18.3 Å². The second-order valence-electron chi connectivity index (χ2n) is 5.63. The Bertz CT molecular complexity index is 791. The lowest BCUT2D eigenvalue weighted by Crippen LogP contribution is -2.37. The first kappa shape index (κ1) is 17.2. The number of nitrogens with zero attached hydrogens (tertiary/aromatic N) is 3. The Balaban J connectivity index is 1.83. The number of hydrogen-bond donors (Lipinski definition) is 0. The van der Waals surface area contributed by atoms with Crippen LogP contribution in [-0.2, 0) is 24.3 Å². The summed E-state index contributed by atoms with van der Waals surface area (Å²) in [6.45, 7) is 0.824. The summed E-state index contributed by atoms with van der Waals surface area (Å²) in [6, 6.07) is 1.99. The molecule has 1 aromatic carbocycles. The number of halogens is 2. The molecule has 0 spiro atoms. The molecule has 2 heterocycles. The molecule has 132 valence electrons. The smallest absolute Gasteiger partial charge is 0.260 e. The van der Waals surface area contributed by atoms with Gasteiger partial charge in [-0.15, -0.1) is 0 Å². The number of amides is 1. The van der Waals surface area contributed by atoms with Crippen LogP contribution in [0.25, 0.3) is 0 Å². The molecule has 6 nitrogen and oxygen atoms in total. The number of benzene rings is 1. The lowest BCUT2D eigenvalue weighted by molar-refractivity contribution is 0.0722. The molecule has 0 saturated carbocycles. The van der Waals surface area contributed by atoms with Gasteiger partial charge in [0, 0.05) is 50.5 Å². The van der Waals surface area contributed by atoms with Gasteiger partial charge in [-0.25, -0.2) is 18.7 Å². The van der Waals surface area contributed by atoms with Crippen LogP contribution in [0, 0.1) is 11.6 Å². The first-order valence-electron chi connectivity index (χ1n) is 7.68. The summed E-state index contributed by atoms with van der Waals surface area (Å²) >= 11 is 0. The molecule has 3 rings (SSSR count). The minimum Gasteiger partial charge on any atom is -0.497 e.